The minimum absolute atomic E-state index is 0.0334. The summed E-state index contributed by atoms with van der Waals surface area (Å²) < 4.78 is 0. The quantitative estimate of drug-likeness (QED) is 0.597. The zero-order valence-corrected chi connectivity index (χ0v) is 11.8. The molecule has 0 atom stereocenters. The number of nitrogens with zero attached hydrogens (tertiary/aromatic N) is 2. The Bertz CT molecular complexity index is 502. The molecular weight excluding hydrogens is 262 g/mol. The average molecular weight is 281 g/mol. The predicted octanol–water partition coefficient (Wildman–Crippen LogP) is 0.918. The smallest absolute Gasteiger partial charge is 0.292 e. The Morgan fingerprint density at radius 2 is 2.05 bits per heavy atom. The number of aliphatic hydroxyl groups is 1. The van der Waals surface area contributed by atoms with Crippen LogP contribution in [-0.2, 0) is 4.79 Å². The van der Waals surface area contributed by atoms with Crippen LogP contribution in [0, 0.1) is 10.1 Å². The summed E-state index contributed by atoms with van der Waals surface area (Å²) in [6.07, 6.45) is 0. The summed E-state index contributed by atoms with van der Waals surface area (Å²) in [6, 6.07) is 6.23. The van der Waals surface area contributed by atoms with Gasteiger partial charge in [-0.3, -0.25) is 14.9 Å². The van der Waals surface area contributed by atoms with Gasteiger partial charge in [-0.05, 0) is 19.9 Å². The third-order valence-corrected chi connectivity index (χ3v) is 2.74. The van der Waals surface area contributed by atoms with E-state index >= 15 is 0 Å². The molecule has 0 spiro atoms. The SMILES string of the molecule is CN(CC(=O)NC(C)(C)CO)c1ccccc1[N+](=O)[O-]. The zero-order chi connectivity index (χ0) is 15.3. The molecule has 110 valence electrons. The molecule has 1 aromatic rings. The molecule has 0 bridgehead atoms. The number of carbonyl (C=O) groups excluding carboxylic acids is 1. The van der Waals surface area contributed by atoms with Crippen LogP contribution in [0.3, 0.4) is 0 Å². The lowest BCUT2D eigenvalue weighted by atomic mass is 10.1. The Labute approximate surface area is 117 Å². The first-order valence-corrected chi connectivity index (χ1v) is 6.13. The Morgan fingerprint density at radius 1 is 1.45 bits per heavy atom. The van der Waals surface area contributed by atoms with Crippen LogP contribution in [0.5, 0.6) is 0 Å². The number of benzene rings is 1. The summed E-state index contributed by atoms with van der Waals surface area (Å²) in [7, 11) is 1.61. The highest BCUT2D eigenvalue weighted by atomic mass is 16.6. The second-order valence-corrected chi connectivity index (χ2v) is 5.19. The number of nitrogens with one attached hydrogen (secondary N) is 1. The number of nitro benzene ring substituents is 1. The molecule has 0 unspecified atom stereocenters. The van der Waals surface area contributed by atoms with Gasteiger partial charge in [0, 0.05) is 13.1 Å². The van der Waals surface area contributed by atoms with Crippen LogP contribution in [0.1, 0.15) is 13.8 Å². The van der Waals surface area contributed by atoms with Crippen LogP contribution >= 0.6 is 0 Å². The van der Waals surface area contributed by atoms with E-state index in [9.17, 15) is 14.9 Å². The van der Waals surface area contributed by atoms with Gasteiger partial charge >= 0.3 is 0 Å². The summed E-state index contributed by atoms with van der Waals surface area (Å²) in [5, 5.41) is 22.7. The molecule has 1 aromatic carbocycles. The minimum atomic E-state index is -0.722. The molecule has 7 nitrogen and oxygen atoms in total. The highest BCUT2D eigenvalue weighted by Crippen LogP contribution is 2.26. The molecular formula is C13H19N3O4. The molecule has 20 heavy (non-hydrogen) atoms. The van der Waals surface area contributed by atoms with Crippen molar-refractivity contribution in [1.82, 2.24) is 5.32 Å². The van der Waals surface area contributed by atoms with Crippen LogP contribution in [-0.4, -0.2) is 41.7 Å². The Kier molecular flexibility index (Phi) is 5.04. The standard InChI is InChI=1S/C13H19N3O4/c1-13(2,9-17)14-12(18)8-15(3)10-6-4-5-7-11(10)16(19)20/h4-7,17H,8-9H2,1-3H3,(H,14,18). The highest BCUT2D eigenvalue weighted by molar-refractivity contribution is 5.83. The lowest BCUT2D eigenvalue weighted by molar-refractivity contribution is -0.384. The third-order valence-electron chi connectivity index (χ3n) is 2.74. The fraction of sp³-hybridized carbons (Fsp3) is 0.462. The van der Waals surface area contributed by atoms with Gasteiger partial charge in [0.2, 0.25) is 5.91 Å². The first kappa shape index (κ1) is 15.9. The molecule has 1 rings (SSSR count). The Morgan fingerprint density at radius 3 is 2.60 bits per heavy atom. The number of anilines is 1. The van der Waals surface area contributed by atoms with Gasteiger partial charge in [0.25, 0.3) is 5.69 Å². The summed E-state index contributed by atoms with van der Waals surface area (Å²) in [5.41, 5.74) is -0.403. The number of para-hydroxylation sites is 2. The fourth-order valence-corrected chi connectivity index (χ4v) is 1.70. The molecule has 7 heteroatoms. The summed E-state index contributed by atoms with van der Waals surface area (Å²) in [5.74, 6) is -0.315. The fourth-order valence-electron chi connectivity index (χ4n) is 1.70. The van der Waals surface area contributed by atoms with E-state index in [0.717, 1.165) is 0 Å². The number of aliphatic hydroxyl groups excluding tert-OH is 1. The molecule has 0 saturated carbocycles. The maximum Gasteiger partial charge on any atom is 0.292 e. The van der Waals surface area contributed by atoms with Crippen molar-refractivity contribution in [3.8, 4) is 0 Å². The van der Waals surface area contributed by atoms with Crippen molar-refractivity contribution in [2.75, 3.05) is 25.1 Å². The van der Waals surface area contributed by atoms with E-state index in [1.165, 1.54) is 11.0 Å². The number of nitro groups is 1. The molecule has 0 saturated heterocycles. The second kappa shape index (κ2) is 6.33. The van der Waals surface area contributed by atoms with Crippen LogP contribution < -0.4 is 10.2 Å². The van der Waals surface area contributed by atoms with Gasteiger partial charge in [0.15, 0.2) is 0 Å². The highest BCUT2D eigenvalue weighted by Gasteiger charge is 2.22. The van der Waals surface area contributed by atoms with E-state index in [1.54, 1.807) is 39.1 Å². The van der Waals surface area contributed by atoms with Crippen LogP contribution in [0.25, 0.3) is 0 Å². The lowest BCUT2D eigenvalue weighted by Crippen LogP contribution is -2.49. The van der Waals surface area contributed by atoms with Crippen molar-refractivity contribution in [2.24, 2.45) is 0 Å². The van der Waals surface area contributed by atoms with Crippen LogP contribution in [0.2, 0.25) is 0 Å². The Hall–Kier alpha value is -2.15. The molecule has 0 aliphatic rings. The molecule has 0 radical (unpaired) electrons. The second-order valence-electron chi connectivity index (χ2n) is 5.19. The molecule has 0 aliphatic carbocycles. The van der Waals surface area contributed by atoms with Crippen molar-refractivity contribution >= 4 is 17.3 Å². The molecule has 0 aromatic heterocycles. The largest absolute Gasteiger partial charge is 0.394 e. The molecule has 2 N–H and O–H groups in total. The van der Waals surface area contributed by atoms with Crippen molar-refractivity contribution in [1.29, 1.82) is 0 Å². The number of amides is 1. The van der Waals surface area contributed by atoms with E-state index in [1.807, 2.05) is 0 Å². The van der Waals surface area contributed by atoms with Gasteiger partial charge in [-0.15, -0.1) is 0 Å². The van der Waals surface area contributed by atoms with Gasteiger partial charge in [-0.1, -0.05) is 12.1 Å². The summed E-state index contributed by atoms with van der Waals surface area (Å²) in [6.45, 7) is 3.16. The number of carbonyl (C=O) groups is 1. The average Bonchev–Trinajstić information content (AvgIpc) is 2.37. The Balaban J connectivity index is 2.79. The monoisotopic (exact) mass is 281 g/mol. The summed E-state index contributed by atoms with van der Waals surface area (Å²) >= 11 is 0. The van der Waals surface area contributed by atoms with Crippen LogP contribution in [0.15, 0.2) is 24.3 Å². The zero-order valence-electron chi connectivity index (χ0n) is 11.8. The first-order valence-electron chi connectivity index (χ1n) is 6.13. The minimum Gasteiger partial charge on any atom is -0.394 e. The van der Waals surface area contributed by atoms with E-state index < -0.39 is 10.5 Å². The van der Waals surface area contributed by atoms with Gasteiger partial charge in [0.1, 0.15) is 5.69 Å². The maximum absolute atomic E-state index is 11.8. The lowest BCUT2D eigenvalue weighted by Gasteiger charge is -2.26. The molecule has 0 aliphatic heterocycles. The van der Waals surface area contributed by atoms with Crippen molar-refractivity contribution in [3.63, 3.8) is 0 Å². The summed E-state index contributed by atoms with van der Waals surface area (Å²) in [4.78, 5) is 23.8. The van der Waals surface area contributed by atoms with E-state index in [-0.39, 0.29) is 24.7 Å². The van der Waals surface area contributed by atoms with Gasteiger partial charge < -0.3 is 15.3 Å². The van der Waals surface area contributed by atoms with Gasteiger partial charge in [0.05, 0.1) is 23.6 Å². The maximum atomic E-state index is 11.8. The van der Waals surface area contributed by atoms with Crippen molar-refractivity contribution in [2.45, 2.75) is 19.4 Å². The normalized spacial score (nSPS) is 11.0. The van der Waals surface area contributed by atoms with Crippen LogP contribution in [0.4, 0.5) is 11.4 Å². The third kappa shape index (κ3) is 4.20. The van der Waals surface area contributed by atoms with E-state index in [2.05, 4.69) is 5.32 Å². The van der Waals surface area contributed by atoms with Crippen molar-refractivity contribution in [3.05, 3.63) is 34.4 Å². The predicted molar refractivity (Wildman–Crippen MR) is 75.7 cm³/mol. The molecule has 0 fully saturated rings. The van der Waals surface area contributed by atoms with E-state index in [4.69, 9.17) is 5.11 Å². The topological polar surface area (TPSA) is 95.7 Å². The number of likely N-dealkylation sites (N-methyl/N-ethyl adjacent to an activating group) is 1. The molecule has 0 heterocycles. The first-order chi connectivity index (χ1) is 9.26. The number of rotatable bonds is 6. The van der Waals surface area contributed by atoms with Crippen molar-refractivity contribution < 1.29 is 14.8 Å². The van der Waals surface area contributed by atoms with Gasteiger partial charge in [-0.25, -0.2) is 0 Å². The van der Waals surface area contributed by atoms with Gasteiger partial charge in [-0.2, -0.15) is 0 Å². The number of hydrogen-bond donors (Lipinski definition) is 2. The molecule has 1 amide bonds. The number of hydrogen-bond acceptors (Lipinski definition) is 5. The van der Waals surface area contributed by atoms with E-state index in [0.29, 0.717) is 5.69 Å².